The number of nitrogens with zero attached hydrogens (tertiary/aromatic N) is 3. The van der Waals surface area contributed by atoms with Crippen LogP contribution in [0.15, 0.2) is 42.7 Å². The lowest BCUT2D eigenvalue weighted by Gasteiger charge is -2.40. The van der Waals surface area contributed by atoms with Crippen LogP contribution in [-0.2, 0) is 16.1 Å². The predicted molar refractivity (Wildman–Crippen MR) is 99.3 cm³/mol. The van der Waals surface area contributed by atoms with Gasteiger partial charge in [-0.1, -0.05) is 30.3 Å². The van der Waals surface area contributed by atoms with Crippen molar-refractivity contribution in [3.63, 3.8) is 0 Å². The number of aromatic nitrogens is 2. The first-order chi connectivity index (χ1) is 12.8. The van der Waals surface area contributed by atoms with Crippen LogP contribution in [0.25, 0.3) is 0 Å². The van der Waals surface area contributed by atoms with Gasteiger partial charge in [0.1, 0.15) is 12.2 Å². The first-order valence-corrected chi connectivity index (χ1v) is 8.80. The lowest BCUT2D eigenvalue weighted by Crippen LogP contribution is -2.52. The van der Waals surface area contributed by atoms with E-state index in [1.54, 1.807) is 17.3 Å². The number of carbonyl (C=O) groups excluding carboxylic acids is 2. The molecule has 1 aromatic carbocycles. The Hall–Kier alpha value is -3.03. The summed E-state index contributed by atoms with van der Waals surface area (Å²) in [6.45, 7) is 6.69. The molecule has 0 radical (unpaired) electrons. The Morgan fingerprint density at radius 1 is 1.22 bits per heavy atom. The molecule has 3 rings (SSSR count). The number of carbonyl (C=O) groups is 2. The molecule has 2 amide bonds. The van der Waals surface area contributed by atoms with Crippen molar-refractivity contribution < 1.29 is 19.1 Å². The predicted octanol–water partition coefficient (Wildman–Crippen LogP) is 3.42. The molecule has 2 heterocycles. The maximum Gasteiger partial charge on any atom is 0.414 e. The van der Waals surface area contributed by atoms with Gasteiger partial charge in [-0.15, -0.1) is 0 Å². The molecule has 1 fully saturated rings. The third kappa shape index (κ3) is 4.99. The van der Waals surface area contributed by atoms with Gasteiger partial charge in [-0.05, 0) is 26.3 Å². The molecule has 1 N–H and O–H groups in total. The van der Waals surface area contributed by atoms with E-state index in [-0.39, 0.29) is 18.7 Å². The highest BCUT2D eigenvalue weighted by molar-refractivity contribution is 5.82. The van der Waals surface area contributed by atoms with Crippen molar-refractivity contribution in [2.75, 3.05) is 18.4 Å². The lowest BCUT2D eigenvalue weighted by atomic mass is 10.1. The van der Waals surface area contributed by atoms with Gasteiger partial charge in [-0.2, -0.15) is 0 Å². The van der Waals surface area contributed by atoms with Gasteiger partial charge in [-0.25, -0.2) is 14.6 Å². The Morgan fingerprint density at radius 3 is 2.59 bits per heavy atom. The molecular weight excluding hydrogens is 348 g/mol. The van der Waals surface area contributed by atoms with Crippen LogP contribution in [0.2, 0.25) is 0 Å². The minimum absolute atomic E-state index is 0.0319. The van der Waals surface area contributed by atoms with Crippen molar-refractivity contribution >= 4 is 18.1 Å². The lowest BCUT2D eigenvalue weighted by molar-refractivity contribution is 0.00125. The zero-order valence-corrected chi connectivity index (χ0v) is 15.7. The van der Waals surface area contributed by atoms with Crippen LogP contribution in [-0.4, -0.2) is 45.3 Å². The zero-order valence-electron chi connectivity index (χ0n) is 15.7. The topological polar surface area (TPSA) is 85.7 Å². The Bertz CT molecular complexity index is 792. The zero-order chi connectivity index (χ0) is 19.4. The van der Waals surface area contributed by atoms with Crippen LogP contribution in [0.3, 0.4) is 0 Å². The molecule has 0 aliphatic carbocycles. The molecule has 1 saturated heterocycles. The minimum Gasteiger partial charge on any atom is -0.444 e. The quantitative estimate of drug-likeness (QED) is 0.889. The summed E-state index contributed by atoms with van der Waals surface area (Å²) in [4.78, 5) is 29.8. The van der Waals surface area contributed by atoms with E-state index in [1.165, 1.54) is 0 Å². The molecule has 0 spiro atoms. The first-order valence-electron chi connectivity index (χ1n) is 8.80. The fourth-order valence-corrected chi connectivity index (χ4v) is 2.66. The number of ether oxygens (including phenoxy) is 2. The molecule has 1 aliphatic rings. The Labute approximate surface area is 158 Å². The second-order valence-electron chi connectivity index (χ2n) is 7.38. The van der Waals surface area contributed by atoms with Crippen molar-refractivity contribution in [3.8, 4) is 0 Å². The number of anilines is 1. The SMILES string of the molecule is CC(C)(C)OC(=O)N1CC(n2ccnc2NC(=O)OCc2ccccc2)C1. The van der Waals surface area contributed by atoms with Crippen LogP contribution in [0.4, 0.5) is 15.5 Å². The average molecular weight is 372 g/mol. The van der Waals surface area contributed by atoms with Crippen LogP contribution in [0, 0.1) is 0 Å². The maximum atomic E-state index is 12.0. The fourth-order valence-electron chi connectivity index (χ4n) is 2.66. The Balaban J connectivity index is 1.50. The third-order valence-corrected chi connectivity index (χ3v) is 4.00. The molecule has 1 aromatic heterocycles. The van der Waals surface area contributed by atoms with E-state index in [0.29, 0.717) is 19.0 Å². The number of imidazole rings is 1. The second kappa shape index (κ2) is 7.69. The monoisotopic (exact) mass is 372 g/mol. The molecule has 0 atom stereocenters. The van der Waals surface area contributed by atoms with Crippen molar-refractivity contribution in [1.29, 1.82) is 0 Å². The average Bonchev–Trinajstić information content (AvgIpc) is 2.98. The first kappa shape index (κ1) is 18.8. The van der Waals surface area contributed by atoms with Gasteiger partial charge >= 0.3 is 12.2 Å². The van der Waals surface area contributed by atoms with Gasteiger partial charge in [-0.3, -0.25) is 5.32 Å². The normalized spacial score (nSPS) is 14.4. The van der Waals surface area contributed by atoms with Gasteiger partial charge in [0.2, 0.25) is 5.95 Å². The molecule has 0 bridgehead atoms. The Kier molecular flexibility index (Phi) is 5.34. The summed E-state index contributed by atoms with van der Waals surface area (Å²) >= 11 is 0. The highest BCUT2D eigenvalue weighted by Gasteiger charge is 2.35. The van der Waals surface area contributed by atoms with Gasteiger partial charge in [0.05, 0.1) is 6.04 Å². The van der Waals surface area contributed by atoms with Crippen LogP contribution >= 0.6 is 0 Å². The van der Waals surface area contributed by atoms with Crippen LogP contribution < -0.4 is 5.32 Å². The molecule has 27 heavy (non-hydrogen) atoms. The number of rotatable bonds is 4. The van der Waals surface area contributed by atoms with Gasteiger partial charge in [0.25, 0.3) is 0 Å². The van der Waals surface area contributed by atoms with Gasteiger partial charge < -0.3 is 18.9 Å². The molecule has 8 heteroatoms. The highest BCUT2D eigenvalue weighted by Crippen LogP contribution is 2.26. The molecule has 8 nitrogen and oxygen atoms in total. The summed E-state index contributed by atoms with van der Waals surface area (Å²) in [5.74, 6) is 0.391. The van der Waals surface area contributed by atoms with E-state index in [2.05, 4.69) is 10.3 Å². The molecular formula is C19H24N4O4. The van der Waals surface area contributed by atoms with Crippen molar-refractivity contribution in [3.05, 3.63) is 48.3 Å². The van der Waals surface area contributed by atoms with E-state index in [1.807, 2.05) is 55.7 Å². The summed E-state index contributed by atoms with van der Waals surface area (Å²) < 4.78 is 12.4. The summed E-state index contributed by atoms with van der Waals surface area (Å²) in [7, 11) is 0. The van der Waals surface area contributed by atoms with Crippen molar-refractivity contribution in [2.24, 2.45) is 0 Å². The van der Waals surface area contributed by atoms with E-state index >= 15 is 0 Å². The fraction of sp³-hybridized carbons (Fsp3) is 0.421. The third-order valence-electron chi connectivity index (χ3n) is 4.00. The standard InChI is InChI=1S/C19H24N4O4/c1-19(2,3)27-18(25)22-11-15(12-22)23-10-9-20-16(23)21-17(24)26-13-14-7-5-4-6-8-14/h4-10,15H,11-13H2,1-3H3,(H,20,21,24). The van der Waals surface area contributed by atoms with E-state index in [0.717, 1.165) is 5.56 Å². The summed E-state index contributed by atoms with van der Waals surface area (Å²) in [5, 5.41) is 2.65. The van der Waals surface area contributed by atoms with Gasteiger partial charge in [0, 0.05) is 25.5 Å². The number of benzene rings is 1. The van der Waals surface area contributed by atoms with E-state index in [9.17, 15) is 9.59 Å². The summed E-state index contributed by atoms with van der Waals surface area (Å²) in [5.41, 5.74) is 0.384. The van der Waals surface area contributed by atoms with Crippen molar-refractivity contribution in [2.45, 2.75) is 39.0 Å². The maximum absolute atomic E-state index is 12.0. The summed E-state index contributed by atoms with van der Waals surface area (Å²) in [6.07, 6.45) is 2.46. The number of likely N-dealkylation sites (tertiary alicyclic amines) is 1. The molecule has 0 unspecified atom stereocenters. The Morgan fingerprint density at radius 2 is 1.93 bits per heavy atom. The molecule has 2 aromatic rings. The van der Waals surface area contributed by atoms with Crippen LogP contribution in [0.1, 0.15) is 32.4 Å². The molecule has 144 valence electrons. The number of hydrogen-bond donors (Lipinski definition) is 1. The summed E-state index contributed by atoms with van der Waals surface area (Å²) in [6, 6.07) is 9.47. The number of amides is 2. The van der Waals surface area contributed by atoms with Crippen molar-refractivity contribution in [1.82, 2.24) is 14.5 Å². The number of hydrogen-bond acceptors (Lipinski definition) is 5. The molecule has 0 saturated carbocycles. The highest BCUT2D eigenvalue weighted by atomic mass is 16.6. The second-order valence-corrected chi connectivity index (χ2v) is 7.38. The van der Waals surface area contributed by atoms with Gasteiger partial charge in [0.15, 0.2) is 0 Å². The minimum atomic E-state index is -0.574. The van der Waals surface area contributed by atoms with E-state index < -0.39 is 11.7 Å². The van der Waals surface area contributed by atoms with E-state index in [4.69, 9.17) is 9.47 Å². The molecule has 1 aliphatic heterocycles. The smallest absolute Gasteiger partial charge is 0.414 e. The van der Waals surface area contributed by atoms with Crippen LogP contribution in [0.5, 0.6) is 0 Å². The largest absolute Gasteiger partial charge is 0.444 e. The number of nitrogens with one attached hydrogen (secondary N) is 1.